The van der Waals surface area contributed by atoms with E-state index in [0.29, 0.717) is 32.1 Å². The molecule has 6 heteroatoms. The van der Waals surface area contributed by atoms with Crippen LogP contribution in [0.2, 0.25) is 0 Å². The molecular weight excluding hydrogens is 384 g/mol. The van der Waals surface area contributed by atoms with Crippen molar-refractivity contribution in [3.8, 4) is 0 Å². The SMILES string of the molecule is CCC(CC)(Cc1ccccc1)OC(=O)[C@H](C)C(CC)(CC)OC(=O)CCC(=O)O. The van der Waals surface area contributed by atoms with Crippen LogP contribution in [-0.2, 0) is 30.3 Å². The summed E-state index contributed by atoms with van der Waals surface area (Å²) in [5.41, 5.74) is -0.557. The topological polar surface area (TPSA) is 89.9 Å². The van der Waals surface area contributed by atoms with E-state index in [1.807, 2.05) is 58.0 Å². The van der Waals surface area contributed by atoms with E-state index in [0.717, 1.165) is 5.56 Å². The molecule has 1 aromatic rings. The number of rotatable bonds is 13. The fourth-order valence-corrected chi connectivity index (χ4v) is 3.75. The van der Waals surface area contributed by atoms with Crippen LogP contribution in [0.15, 0.2) is 30.3 Å². The molecule has 0 aromatic heterocycles. The number of carboxylic acids is 1. The monoisotopic (exact) mass is 420 g/mol. The van der Waals surface area contributed by atoms with E-state index in [1.165, 1.54) is 0 Å². The first-order valence-corrected chi connectivity index (χ1v) is 10.9. The van der Waals surface area contributed by atoms with Gasteiger partial charge in [0.25, 0.3) is 0 Å². The Morgan fingerprint density at radius 2 is 1.47 bits per heavy atom. The number of carboxylic acid groups (broad SMARTS) is 1. The quantitative estimate of drug-likeness (QED) is 0.455. The van der Waals surface area contributed by atoms with Gasteiger partial charge < -0.3 is 14.6 Å². The molecular formula is C24H36O6. The van der Waals surface area contributed by atoms with Crippen molar-refractivity contribution in [2.24, 2.45) is 5.92 Å². The van der Waals surface area contributed by atoms with Gasteiger partial charge in [0.2, 0.25) is 0 Å². The molecule has 1 atom stereocenters. The van der Waals surface area contributed by atoms with Gasteiger partial charge in [-0.1, -0.05) is 58.0 Å². The maximum absolute atomic E-state index is 13.2. The molecule has 0 unspecified atom stereocenters. The average Bonchev–Trinajstić information content (AvgIpc) is 2.75. The number of aliphatic carboxylic acids is 1. The van der Waals surface area contributed by atoms with Gasteiger partial charge in [-0.2, -0.15) is 0 Å². The fourth-order valence-electron chi connectivity index (χ4n) is 3.75. The van der Waals surface area contributed by atoms with Crippen molar-refractivity contribution in [1.29, 1.82) is 0 Å². The molecule has 0 radical (unpaired) electrons. The third-order valence-corrected chi connectivity index (χ3v) is 6.17. The van der Waals surface area contributed by atoms with Crippen molar-refractivity contribution < 1.29 is 29.0 Å². The second-order valence-electron chi connectivity index (χ2n) is 7.83. The smallest absolute Gasteiger partial charge is 0.313 e. The zero-order valence-electron chi connectivity index (χ0n) is 18.9. The molecule has 168 valence electrons. The standard InChI is InChI=1S/C24H36O6/c1-6-23(7-2,17-19-13-11-10-12-14-19)30-22(28)18(5)24(8-3,9-4)29-21(27)16-15-20(25)26/h10-14,18H,6-9,15-17H2,1-5H3,(H,25,26)/t18-/m0/s1. The molecule has 0 aliphatic carbocycles. The molecule has 0 bridgehead atoms. The van der Waals surface area contributed by atoms with Crippen molar-refractivity contribution in [1.82, 2.24) is 0 Å². The van der Waals surface area contributed by atoms with Crippen LogP contribution in [0.4, 0.5) is 0 Å². The Balaban J connectivity index is 2.99. The molecule has 0 spiro atoms. The zero-order valence-corrected chi connectivity index (χ0v) is 18.9. The van der Waals surface area contributed by atoms with Crippen LogP contribution >= 0.6 is 0 Å². The lowest BCUT2D eigenvalue weighted by Crippen LogP contribution is -2.47. The van der Waals surface area contributed by atoms with Crippen molar-refractivity contribution in [2.75, 3.05) is 0 Å². The Bertz CT molecular complexity index is 689. The number of ether oxygens (including phenoxy) is 2. The summed E-state index contributed by atoms with van der Waals surface area (Å²) in [6.07, 6.45) is 2.29. The summed E-state index contributed by atoms with van der Waals surface area (Å²) in [7, 11) is 0. The van der Waals surface area contributed by atoms with Crippen LogP contribution in [0.5, 0.6) is 0 Å². The lowest BCUT2D eigenvalue weighted by molar-refractivity contribution is -0.186. The fraction of sp³-hybridized carbons (Fsp3) is 0.625. The van der Waals surface area contributed by atoms with Gasteiger partial charge >= 0.3 is 17.9 Å². The molecule has 0 heterocycles. The summed E-state index contributed by atoms with van der Waals surface area (Å²) in [5.74, 6) is -2.74. The number of hydrogen-bond donors (Lipinski definition) is 1. The largest absolute Gasteiger partial charge is 0.481 e. The molecule has 30 heavy (non-hydrogen) atoms. The predicted molar refractivity (Wildman–Crippen MR) is 115 cm³/mol. The van der Waals surface area contributed by atoms with E-state index in [1.54, 1.807) is 6.92 Å². The second kappa shape index (κ2) is 11.7. The molecule has 0 saturated heterocycles. The summed E-state index contributed by atoms with van der Waals surface area (Å²) < 4.78 is 11.7. The summed E-state index contributed by atoms with van der Waals surface area (Å²) in [6, 6.07) is 9.91. The van der Waals surface area contributed by atoms with E-state index < -0.39 is 35.0 Å². The van der Waals surface area contributed by atoms with Gasteiger partial charge in [-0.25, -0.2) is 0 Å². The molecule has 0 aliphatic heterocycles. The van der Waals surface area contributed by atoms with Crippen LogP contribution in [0.3, 0.4) is 0 Å². The molecule has 6 nitrogen and oxygen atoms in total. The van der Waals surface area contributed by atoms with Gasteiger partial charge in [-0.3, -0.25) is 14.4 Å². The third kappa shape index (κ3) is 6.85. The Morgan fingerprint density at radius 3 is 1.93 bits per heavy atom. The third-order valence-electron chi connectivity index (χ3n) is 6.17. The first-order chi connectivity index (χ1) is 14.2. The highest BCUT2D eigenvalue weighted by Gasteiger charge is 2.44. The molecule has 1 rings (SSSR count). The number of carbonyl (C=O) groups excluding carboxylic acids is 2. The van der Waals surface area contributed by atoms with Gasteiger partial charge in [0, 0.05) is 6.42 Å². The van der Waals surface area contributed by atoms with Crippen LogP contribution in [0, 0.1) is 5.92 Å². The summed E-state index contributed by atoms with van der Waals surface area (Å²) in [4.78, 5) is 36.1. The van der Waals surface area contributed by atoms with Crippen molar-refractivity contribution in [2.45, 2.75) is 90.8 Å². The number of esters is 2. The van der Waals surface area contributed by atoms with Gasteiger partial charge in [-0.05, 0) is 38.2 Å². The van der Waals surface area contributed by atoms with E-state index >= 15 is 0 Å². The van der Waals surface area contributed by atoms with E-state index in [4.69, 9.17) is 14.6 Å². The van der Waals surface area contributed by atoms with Crippen LogP contribution in [0.25, 0.3) is 0 Å². The normalized spacial score (nSPS) is 12.8. The Labute approximate surface area is 180 Å². The van der Waals surface area contributed by atoms with Crippen molar-refractivity contribution >= 4 is 17.9 Å². The van der Waals surface area contributed by atoms with E-state index in [9.17, 15) is 14.4 Å². The number of hydrogen-bond acceptors (Lipinski definition) is 5. The zero-order chi connectivity index (χ0) is 22.8. The van der Waals surface area contributed by atoms with Crippen LogP contribution in [-0.4, -0.2) is 34.2 Å². The number of benzene rings is 1. The van der Waals surface area contributed by atoms with Gasteiger partial charge in [0.1, 0.15) is 11.2 Å². The highest BCUT2D eigenvalue weighted by Crippen LogP contribution is 2.34. The highest BCUT2D eigenvalue weighted by atomic mass is 16.6. The molecule has 0 aliphatic rings. The Morgan fingerprint density at radius 1 is 0.900 bits per heavy atom. The minimum absolute atomic E-state index is 0.222. The van der Waals surface area contributed by atoms with Gasteiger partial charge in [0.05, 0.1) is 18.8 Å². The van der Waals surface area contributed by atoms with Crippen LogP contribution < -0.4 is 0 Å². The predicted octanol–water partition coefficient (Wildman–Crippen LogP) is 4.93. The maximum Gasteiger partial charge on any atom is 0.313 e. The van der Waals surface area contributed by atoms with E-state index in [2.05, 4.69) is 0 Å². The minimum atomic E-state index is -1.06. The second-order valence-corrected chi connectivity index (χ2v) is 7.83. The molecule has 0 fully saturated rings. The van der Waals surface area contributed by atoms with Crippen molar-refractivity contribution in [3.63, 3.8) is 0 Å². The summed E-state index contributed by atoms with van der Waals surface area (Å²) >= 11 is 0. The lowest BCUT2D eigenvalue weighted by Gasteiger charge is -2.39. The van der Waals surface area contributed by atoms with Gasteiger partial charge in [0.15, 0.2) is 0 Å². The Hall–Kier alpha value is -2.37. The minimum Gasteiger partial charge on any atom is -0.481 e. The van der Waals surface area contributed by atoms with E-state index in [-0.39, 0.29) is 12.8 Å². The Kier molecular flexibility index (Phi) is 10.0. The molecule has 0 amide bonds. The summed E-state index contributed by atoms with van der Waals surface area (Å²) in [6.45, 7) is 9.44. The molecule has 1 N–H and O–H groups in total. The summed E-state index contributed by atoms with van der Waals surface area (Å²) in [5, 5.41) is 8.79. The lowest BCUT2D eigenvalue weighted by atomic mass is 9.83. The van der Waals surface area contributed by atoms with Gasteiger partial charge in [-0.15, -0.1) is 0 Å². The van der Waals surface area contributed by atoms with Crippen molar-refractivity contribution in [3.05, 3.63) is 35.9 Å². The average molecular weight is 421 g/mol. The molecule has 1 aromatic carbocycles. The van der Waals surface area contributed by atoms with Crippen LogP contribution in [0.1, 0.15) is 78.7 Å². The highest BCUT2D eigenvalue weighted by molar-refractivity contribution is 5.78. The molecule has 0 saturated carbocycles. The maximum atomic E-state index is 13.2. The first-order valence-electron chi connectivity index (χ1n) is 10.9. The first kappa shape index (κ1) is 25.7. The number of carbonyl (C=O) groups is 3.